The van der Waals surface area contributed by atoms with Gasteiger partial charge in [-0.15, -0.1) is 0 Å². The van der Waals surface area contributed by atoms with Gasteiger partial charge in [0, 0.05) is 32.9 Å². The van der Waals surface area contributed by atoms with E-state index in [1.54, 1.807) is 45.1 Å². The third-order valence-corrected chi connectivity index (χ3v) is 3.47. The standard InChI is InChI=1S/C17H25NO6/c1-12-9-14(10-13(2)16(12)24-11-15(19)20)17(21)18(5-7-22-3)6-8-23-4/h9-10H,5-8,11H2,1-4H3,(H,19,20). The van der Waals surface area contributed by atoms with E-state index < -0.39 is 12.6 Å². The second-order valence-electron chi connectivity index (χ2n) is 5.40. The van der Waals surface area contributed by atoms with Crippen molar-refractivity contribution in [2.45, 2.75) is 13.8 Å². The number of carbonyl (C=O) groups is 2. The summed E-state index contributed by atoms with van der Waals surface area (Å²) in [6, 6.07) is 3.41. The Morgan fingerprint density at radius 2 is 1.54 bits per heavy atom. The molecule has 0 aliphatic carbocycles. The smallest absolute Gasteiger partial charge is 0.341 e. The van der Waals surface area contributed by atoms with Crippen molar-refractivity contribution in [2.24, 2.45) is 0 Å². The Bertz CT molecular complexity index is 541. The lowest BCUT2D eigenvalue weighted by molar-refractivity contribution is -0.139. The summed E-state index contributed by atoms with van der Waals surface area (Å²) in [4.78, 5) is 25.0. The van der Waals surface area contributed by atoms with Gasteiger partial charge in [0.05, 0.1) is 13.2 Å². The summed E-state index contributed by atoms with van der Waals surface area (Å²) >= 11 is 0. The van der Waals surface area contributed by atoms with E-state index in [0.717, 1.165) is 11.1 Å². The molecule has 7 nitrogen and oxygen atoms in total. The van der Waals surface area contributed by atoms with Gasteiger partial charge in [-0.25, -0.2) is 4.79 Å². The summed E-state index contributed by atoms with van der Waals surface area (Å²) in [6.45, 7) is 4.97. The normalized spacial score (nSPS) is 10.5. The van der Waals surface area contributed by atoms with E-state index in [1.165, 1.54) is 0 Å². The topological polar surface area (TPSA) is 85.3 Å². The molecule has 1 aromatic rings. The van der Waals surface area contributed by atoms with Crippen molar-refractivity contribution < 1.29 is 28.9 Å². The Labute approximate surface area is 142 Å². The fourth-order valence-corrected chi connectivity index (χ4v) is 2.34. The molecule has 0 fully saturated rings. The largest absolute Gasteiger partial charge is 0.481 e. The van der Waals surface area contributed by atoms with Crippen molar-refractivity contribution >= 4 is 11.9 Å². The molecule has 7 heteroatoms. The van der Waals surface area contributed by atoms with Crippen molar-refractivity contribution in [2.75, 3.05) is 47.1 Å². The van der Waals surface area contributed by atoms with E-state index in [-0.39, 0.29) is 5.91 Å². The molecule has 0 aliphatic heterocycles. The Balaban J connectivity index is 2.97. The van der Waals surface area contributed by atoms with Crippen LogP contribution < -0.4 is 4.74 Å². The van der Waals surface area contributed by atoms with E-state index in [1.807, 2.05) is 0 Å². The van der Waals surface area contributed by atoms with Crippen LogP contribution >= 0.6 is 0 Å². The number of aryl methyl sites for hydroxylation is 2. The zero-order valence-corrected chi connectivity index (χ0v) is 14.6. The first-order valence-electron chi connectivity index (χ1n) is 7.63. The number of methoxy groups -OCH3 is 2. The zero-order valence-electron chi connectivity index (χ0n) is 14.6. The predicted molar refractivity (Wildman–Crippen MR) is 88.7 cm³/mol. The van der Waals surface area contributed by atoms with Crippen LogP contribution in [0.1, 0.15) is 21.5 Å². The highest BCUT2D eigenvalue weighted by Crippen LogP contribution is 2.25. The van der Waals surface area contributed by atoms with Crippen LogP contribution in [0.15, 0.2) is 12.1 Å². The number of ether oxygens (including phenoxy) is 3. The molecule has 24 heavy (non-hydrogen) atoms. The second-order valence-corrected chi connectivity index (χ2v) is 5.40. The Morgan fingerprint density at radius 1 is 1.04 bits per heavy atom. The lowest BCUT2D eigenvalue weighted by atomic mass is 10.0. The SMILES string of the molecule is COCCN(CCOC)C(=O)c1cc(C)c(OCC(=O)O)c(C)c1. The number of hydrogen-bond donors (Lipinski definition) is 1. The third-order valence-electron chi connectivity index (χ3n) is 3.47. The third kappa shape index (κ3) is 5.82. The van der Waals surface area contributed by atoms with Crippen molar-refractivity contribution in [1.29, 1.82) is 0 Å². The molecule has 1 N–H and O–H groups in total. The second kappa shape index (κ2) is 9.89. The Kier molecular flexibility index (Phi) is 8.21. The number of hydrogen-bond acceptors (Lipinski definition) is 5. The molecule has 0 saturated carbocycles. The minimum atomic E-state index is -1.04. The summed E-state index contributed by atoms with van der Waals surface area (Å²) in [5.74, 6) is -0.673. The van der Waals surface area contributed by atoms with E-state index in [4.69, 9.17) is 19.3 Å². The molecule has 0 aliphatic rings. The van der Waals surface area contributed by atoms with Gasteiger partial charge in [-0.05, 0) is 37.1 Å². The van der Waals surface area contributed by atoms with Crippen molar-refractivity contribution in [3.8, 4) is 5.75 Å². The van der Waals surface area contributed by atoms with Crippen LogP contribution in [0.5, 0.6) is 5.75 Å². The number of carboxylic acid groups (broad SMARTS) is 1. The van der Waals surface area contributed by atoms with Gasteiger partial charge in [0.25, 0.3) is 5.91 Å². The van der Waals surface area contributed by atoms with E-state index in [9.17, 15) is 9.59 Å². The number of nitrogens with zero attached hydrogens (tertiary/aromatic N) is 1. The number of carbonyl (C=O) groups excluding carboxylic acids is 1. The molecule has 0 heterocycles. The predicted octanol–water partition coefficient (Wildman–Crippen LogP) is 1.50. The minimum absolute atomic E-state index is 0.125. The summed E-state index contributed by atoms with van der Waals surface area (Å²) in [7, 11) is 3.17. The average molecular weight is 339 g/mol. The van der Waals surface area contributed by atoms with Crippen LogP contribution in [-0.2, 0) is 14.3 Å². The van der Waals surface area contributed by atoms with E-state index >= 15 is 0 Å². The summed E-state index contributed by atoms with van der Waals surface area (Å²) in [6.07, 6.45) is 0. The van der Waals surface area contributed by atoms with Crippen LogP contribution in [0.4, 0.5) is 0 Å². The lowest BCUT2D eigenvalue weighted by Gasteiger charge is -2.23. The van der Waals surface area contributed by atoms with E-state index in [0.29, 0.717) is 37.6 Å². The first-order chi connectivity index (χ1) is 11.4. The highest BCUT2D eigenvalue weighted by atomic mass is 16.5. The van der Waals surface area contributed by atoms with Gasteiger partial charge in [0.15, 0.2) is 6.61 Å². The molecule has 134 valence electrons. The van der Waals surface area contributed by atoms with Crippen LogP contribution in [-0.4, -0.2) is 69.0 Å². The molecule has 0 unspecified atom stereocenters. The maximum absolute atomic E-state index is 12.7. The molecule has 0 bridgehead atoms. The number of benzene rings is 1. The molecule has 1 aromatic carbocycles. The summed E-state index contributed by atoms with van der Waals surface area (Å²) in [5, 5.41) is 8.73. The first-order valence-corrected chi connectivity index (χ1v) is 7.63. The molecule has 1 amide bonds. The molecule has 0 spiro atoms. The number of aliphatic carboxylic acids is 1. The van der Waals surface area contributed by atoms with Crippen molar-refractivity contribution in [1.82, 2.24) is 4.90 Å². The van der Waals surface area contributed by atoms with Gasteiger partial charge < -0.3 is 24.2 Å². The fourth-order valence-electron chi connectivity index (χ4n) is 2.34. The molecular formula is C17H25NO6. The number of carboxylic acids is 1. The summed E-state index contributed by atoms with van der Waals surface area (Å²) in [5.41, 5.74) is 1.97. The van der Waals surface area contributed by atoms with Crippen molar-refractivity contribution in [3.05, 3.63) is 28.8 Å². The van der Waals surface area contributed by atoms with Gasteiger partial charge in [-0.3, -0.25) is 4.79 Å². The minimum Gasteiger partial charge on any atom is -0.481 e. The van der Waals surface area contributed by atoms with Crippen molar-refractivity contribution in [3.63, 3.8) is 0 Å². The maximum Gasteiger partial charge on any atom is 0.341 e. The molecule has 1 rings (SSSR count). The van der Waals surface area contributed by atoms with E-state index in [2.05, 4.69) is 0 Å². The van der Waals surface area contributed by atoms with Gasteiger partial charge in [0.1, 0.15) is 5.75 Å². The number of amides is 1. The Hall–Kier alpha value is -2.12. The van der Waals surface area contributed by atoms with Crippen LogP contribution in [0.25, 0.3) is 0 Å². The van der Waals surface area contributed by atoms with Gasteiger partial charge in [-0.2, -0.15) is 0 Å². The average Bonchev–Trinajstić information content (AvgIpc) is 2.53. The fraction of sp³-hybridized carbons (Fsp3) is 0.529. The molecule has 0 radical (unpaired) electrons. The van der Waals surface area contributed by atoms with Gasteiger partial charge in [-0.1, -0.05) is 0 Å². The lowest BCUT2D eigenvalue weighted by Crippen LogP contribution is -2.36. The first kappa shape index (κ1) is 19.9. The van der Waals surface area contributed by atoms with Crippen LogP contribution in [0, 0.1) is 13.8 Å². The molecule has 0 atom stereocenters. The molecule has 0 aromatic heterocycles. The molecule has 0 saturated heterocycles. The number of rotatable bonds is 10. The van der Waals surface area contributed by atoms with Gasteiger partial charge >= 0.3 is 5.97 Å². The van der Waals surface area contributed by atoms with Gasteiger partial charge in [0.2, 0.25) is 0 Å². The molecular weight excluding hydrogens is 314 g/mol. The van der Waals surface area contributed by atoms with Crippen LogP contribution in [0.2, 0.25) is 0 Å². The maximum atomic E-state index is 12.7. The zero-order chi connectivity index (χ0) is 18.1. The Morgan fingerprint density at radius 3 is 1.96 bits per heavy atom. The highest BCUT2D eigenvalue weighted by molar-refractivity contribution is 5.95. The van der Waals surface area contributed by atoms with Crippen LogP contribution in [0.3, 0.4) is 0 Å². The quantitative estimate of drug-likeness (QED) is 0.695. The highest BCUT2D eigenvalue weighted by Gasteiger charge is 2.18. The monoisotopic (exact) mass is 339 g/mol. The summed E-state index contributed by atoms with van der Waals surface area (Å²) < 4.78 is 15.4.